The van der Waals surface area contributed by atoms with Crippen LogP contribution in [0.2, 0.25) is 0 Å². The number of hydrogen-bond acceptors (Lipinski definition) is 3. The molecule has 0 fully saturated rings. The summed E-state index contributed by atoms with van der Waals surface area (Å²) in [6.45, 7) is 5.81. The van der Waals surface area contributed by atoms with Crippen LogP contribution in [-0.2, 0) is 0 Å². The number of aryl methyl sites for hydroxylation is 3. The van der Waals surface area contributed by atoms with E-state index >= 15 is 0 Å². The summed E-state index contributed by atoms with van der Waals surface area (Å²) in [4.78, 5) is 4.34. The largest absolute Gasteiger partial charge is 0.271 e. The molecule has 3 nitrogen and oxygen atoms in total. The summed E-state index contributed by atoms with van der Waals surface area (Å²) >= 11 is 0. The molecule has 0 radical (unpaired) electrons. The molecule has 1 unspecified atom stereocenters. The van der Waals surface area contributed by atoms with Crippen LogP contribution in [0.1, 0.15) is 34.1 Å². The number of benzene rings is 1. The maximum absolute atomic E-state index is 13.4. The van der Waals surface area contributed by atoms with Crippen LogP contribution in [0.25, 0.3) is 0 Å². The van der Waals surface area contributed by atoms with Gasteiger partial charge in [-0.3, -0.25) is 10.8 Å². The second-order valence-electron chi connectivity index (χ2n) is 4.78. The number of nitrogens with one attached hydrogen (secondary N) is 1. The zero-order chi connectivity index (χ0) is 14.0. The van der Waals surface area contributed by atoms with Crippen LogP contribution < -0.4 is 11.3 Å². The molecule has 3 N–H and O–H groups in total. The molecule has 19 heavy (non-hydrogen) atoms. The third kappa shape index (κ3) is 2.97. The first-order valence-electron chi connectivity index (χ1n) is 6.18. The van der Waals surface area contributed by atoms with Gasteiger partial charge < -0.3 is 0 Å². The van der Waals surface area contributed by atoms with E-state index < -0.39 is 0 Å². The Morgan fingerprint density at radius 3 is 2.32 bits per heavy atom. The molecule has 2 rings (SSSR count). The zero-order valence-electron chi connectivity index (χ0n) is 11.4. The van der Waals surface area contributed by atoms with Gasteiger partial charge in [0.15, 0.2) is 0 Å². The summed E-state index contributed by atoms with van der Waals surface area (Å²) in [5, 5.41) is 0. The van der Waals surface area contributed by atoms with Crippen LogP contribution in [0.15, 0.2) is 30.3 Å². The molecule has 0 saturated heterocycles. The molecule has 0 aliphatic rings. The first-order chi connectivity index (χ1) is 9.01. The predicted molar refractivity (Wildman–Crippen MR) is 74.0 cm³/mol. The van der Waals surface area contributed by atoms with Gasteiger partial charge in [-0.25, -0.2) is 9.82 Å². The number of pyridine rings is 1. The molecule has 2 aromatic rings. The van der Waals surface area contributed by atoms with E-state index in [1.807, 2.05) is 32.9 Å². The minimum absolute atomic E-state index is 0.240. The van der Waals surface area contributed by atoms with Gasteiger partial charge in [0.2, 0.25) is 0 Å². The van der Waals surface area contributed by atoms with Gasteiger partial charge >= 0.3 is 0 Å². The lowest BCUT2D eigenvalue weighted by Gasteiger charge is -2.20. The van der Waals surface area contributed by atoms with E-state index in [0.717, 1.165) is 28.1 Å². The van der Waals surface area contributed by atoms with Crippen molar-refractivity contribution in [2.24, 2.45) is 5.84 Å². The number of hydrazine groups is 1. The van der Waals surface area contributed by atoms with Crippen molar-refractivity contribution in [1.29, 1.82) is 0 Å². The topological polar surface area (TPSA) is 50.9 Å². The van der Waals surface area contributed by atoms with E-state index in [4.69, 9.17) is 5.84 Å². The van der Waals surface area contributed by atoms with Crippen LogP contribution in [0, 0.1) is 26.6 Å². The van der Waals surface area contributed by atoms with E-state index in [0.29, 0.717) is 0 Å². The first-order valence-corrected chi connectivity index (χ1v) is 6.18. The molecular weight excluding hydrogens is 241 g/mol. The molecule has 0 bridgehead atoms. The van der Waals surface area contributed by atoms with Crippen molar-refractivity contribution < 1.29 is 4.39 Å². The Morgan fingerprint density at radius 1 is 1.11 bits per heavy atom. The molecule has 1 atom stereocenters. The summed E-state index contributed by atoms with van der Waals surface area (Å²) in [5.74, 6) is 5.40. The Labute approximate surface area is 112 Å². The van der Waals surface area contributed by atoms with Gasteiger partial charge in [0.05, 0.1) is 6.04 Å². The number of nitrogens with two attached hydrogens (primary N) is 1. The highest BCUT2D eigenvalue weighted by atomic mass is 19.1. The van der Waals surface area contributed by atoms with Gasteiger partial charge in [0, 0.05) is 11.4 Å². The van der Waals surface area contributed by atoms with Crippen molar-refractivity contribution in [1.82, 2.24) is 10.4 Å². The van der Waals surface area contributed by atoms with Gasteiger partial charge in [0.1, 0.15) is 5.82 Å². The average molecular weight is 259 g/mol. The third-order valence-corrected chi connectivity index (χ3v) is 3.16. The van der Waals surface area contributed by atoms with E-state index in [9.17, 15) is 4.39 Å². The van der Waals surface area contributed by atoms with Crippen molar-refractivity contribution in [2.75, 3.05) is 0 Å². The van der Waals surface area contributed by atoms with Gasteiger partial charge in [-0.2, -0.15) is 0 Å². The summed E-state index contributed by atoms with van der Waals surface area (Å²) in [6.07, 6.45) is 0. The minimum Gasteiger partial charge on any atom is -0.271 e. The van der Waals surface area contributed by atoms with E-state index in [1.54, 1.807) is 6.07 Å². The highest BCUT2D eigenvalue weighted by molar-refractivity contribution is 5.38. The van der Waals surface area contributed by atoms with Crippen LogP contribution in [0.5, 0.6) is 0 Å². The monoisotopic (exact) mass is 259 g/mol. The molecule has 100 valence electrons. The molecule has 1 aromatic carbocycles. The average Bonchev–Trinajstić information content (AvgIpc) is 2.33. The predicted octanol–water partition coefficient (Wildman–Crippen LogP) is 2.70. The minimum atomic E-state index is -0.261. The number of hydrogen-bond donors (Lipinski definition) is 2. The van der Waals surface area contributed by atoms with Crippen molar-refractivity contribution in [3.05, 3.63) is 64.2 Å². The fourth-order valence-corrected chi connectivity index (χ4v) is 2.32. The Bertz CT molecular complexity index is 576. The SMILES string of the molecule is Cc1cc(C(NN)c2cc(F)ccc2C)cc(C)n1. The van der Waals surface area contributed by atoms with Crippen LogP contribution in [-0.4, -0.2) is 4.98 Å². The smallest absolute Gasteiger partial charge is 0.123 e. The van der Waals surface area contributed by atoms with Gasteiger partial charge in [-0.15, -0.1) is 0 Å². The molecule has 0 aliphatic heterocycles. The molecule has 1 heterocycles. The van der Waals surface area contributed by atoms with E-state index in [-0.39, 0.29) is 11.9 Å². The van der Waals surface area contributed by atoms with E-state index in [2.05, 4.69) is 10.4 Å². The summed E-state index contributed by atoms with van der Waals surface area (Å²) < 4.78 is 13.4. The Balaban J connectivity index is 2.52. The fraction of sp³-hybridized carbons (Fsp3) is 0.267. The van der Waals surface area contributed by atoms with Crippen molar-refractivity contribution in [2.45, 2.75) is 26.8 Å². The van der Waals surface area contributed by atoms with Crippen molar-refractivity contribution >= 4 is 0 Å². The Kier molecular flexibility index (Phi) is 3.93. The maximum Gasteiger partial charge on any atom is 0.123 e. The second-order valence-corrected chi connectivity index (χ2v) is 4.78. The lowest BCUT2D eigenvalue weighted by molar-refractivity contribution is 0.602. The second kappa shape index (κ2) is 5.47. The van der Waals surface area contributed by atoms with Crippen LogP contribution >= 0.6 is 0 Å². The quantitative estimate of drug-likeness (QED) is 0.658. The van der Waals surface area contributed by atoms with E-state index in [1.165, 1.54) is 12.1 Å². The van der Waals surface area contributed by atoms with Crippen LogP contribution in [0.3, 0.4) is 0 Å². The molecule has 1 aromatic heterocycles. The number of aromatic nitrogens is 1. The Morgan fingerprint density at radius 2 is 1.74 bits per heavy atom. The number of nitrogens with zero attached hydrogens (tertiary/aromatic N) is 1. The zero-order valence-corrected chi connectivity index (χ0v) is 11.4. The Hall–Kier alpha value is -1.78. The highest BCUT2D eigenvalue weighted by Gasteiger charge is 2.16. The van der Waals surface area contributed by atoms with Crippen LogP contribution in [0.4, 0.5) is 4.39 Å². The lowest BCUT2D eigenvalue weighted by Crippen LogP contribution is -2.29. The van der Waals surface area contributed by atoms with Crippen molar-refractivity contribution in [3.63, 3.8) is 0 Å². The van der Waals surface area contributed by atoms with Gasteiger partial charge in [-0.05, 0) is 61.7 Å². The normalized spacial score (nSPS) is 12.5. The van der Waals surface area contributed by atoms with Gasteiger partial charge in [-0.1, -0.05) is 6.07 Å². The highest BCUT2D eigenvalue weighted by Crippen LogP contribution is 2.25. The summed E-state index contributed by atoms with van der Waals surface area (Å²) in [5.41, 5.74) is 7.43. The molecule has 0 amide bonds. The third-order valence-electron chi connectivity index (χ3n) is 3.16. The number of halogens is 1. The molecule has 0 saturated carbocycles. The maximum atomic E-state index is 13.4. The molecule has 4 heteroatoms. The lowest BCUT2D eigenvalue weighted by atomic mass is 9.95. The van der Waals surface area contributed by atoms with Gasteiger partial charge in [0.25, 0.3) is 0 Å². The first kappa shape index (κ1) is 13.6. The summed E-state index contributed by atoms with van der Waals surface area (Å²) in [6, 6.07) is 8.41. The van der Waals surface area contributed by atoms with Crippen molar-refractivity contribution in [3.8, 4) is 0 Å². The molecular formula is C15H18FN3. The number of rotatable bonds is 3. The molecule has 0 aliphatic carbocycles. The fourth-order valence-electron chi connectivity index (χ4n) is 2.32. The standard InChI is InChI=1S/C15H18FN3/c1-9-4-5-13(16)8-14(9)15(19-17)12-6-10(2)18-11(3)7-12/h4-8,15,19H,17H2,1-3H3. The molecule has 0 spiro atoms. The summed E-state index contributed by atoms with van der Waals surface area (Å²) in [7, 11) is 0.